The summed E-state index contributed by atoms with van der Waals surface area (Å²) in [6, 6.07) is 6.55. The molecule has 1 saturated heterocycles. The molecule has 10 nitrogen and oxygen atoms in total. The Kier molecular flexibility index (Phi) is 5.79. The van der Waals surface area contributed by atoms with Gasteiger partial charge in [-0.2, -0.15) is 10.2 Å². The maximum Gasteiger partial charge on any atom is 0.251 e. The average molecular weight is 524 g/mol. The number of nitrogen functional groups attached to an aromatic ring is 1. The number of carbonyl (C=O) groups excluding carboxylic acids is 2. The maximum absolute atomic E-state index is 15.7. The Morgan fingerprint density at radius 1 is 1.05 bits per heavy atom. The van der Waals surface area contributed by atoms with Gasteiger partial charge >= 0.3 is 0 Å². The average Bonchev–Trinajstić information content (AvgIpc) is 3.43. The van der Waals surface area contributed by atoms with Crippen LogP contribution in [0.3, 0.4) is 0 Å². The summed E-state index contributed by atoms with van der Waals surface area (Å²) in [6.45, 7) is 4.85. The molecular weight excluding hydrogens is 495 g/mol. The molecule has 5 rings (SSSR count). The van der Waals surface area contributed by atoms with Crippen molar-refractivity contribution in [2.45, 2.75) is 37.0 Å². The normalized spacial score (nSPS) is 18.0. The van der Waals surface area contributed by atoms with Gasteiger partial charge in [0.1, 0.15) is 54.6 Å². The van der Waals surface area contributed by atoms with E-state index in [9.17, 15) is 9.59 Å². The molecule has 2 amide bonds. The molecular formula is C24H29B4FN8O2. The molecule has 39 heavy (non-hydrogen) atoms. The summed E-state index contributed by atoms with van der Waals surface area (Å²) < 4.78 is 19.0. The second-order valence-corrected chi connectivity index (χ2v) is 11.6. The molecule has 15 heteroatoms. The third-order valence-electron chi connectivity index (χ3n) is 8.30. The monoisotopic (exact) mass is 524 g/mol. The molecule has 0 unspecified atom stereocenters. The van der Waals surface area contributed by atoms with Crippen LogP contribution in [0.4, 0.5) is 15.9 Å². The number of nitrogens with two attached hydrogens (primary N) is 1. The molecule has 0 spiro atoms. The summed E-state index contributed by atoms with van der Waals surface area (Å²) in [5.41, 5.74) is 8.65. The number of amides is 2. The molecule has 3 aromatic heterocycles. The van der Waals surface area contributed by atoms with Crippen molar-refractivity contribution in [3.8, 4) is 22.4 Å². The van der Waals surface area contributed by atoms with Crippen molar-refractivity contribution < 1.29 is 14.0 Å². The zero-order valence-electron chi connectivity index (χ0n) is 23.4. The van der Waals surface area contributed by atoms with Crippen molar-refractivity contribution in [2.75, 3.05) is 10.6 Å². The van der Waals surface area contributed by atoms with Crippen LogP contribution in [0.1, 0.15) is 20.8 Å². The number of aryl methyl sites for hydroxylation is 1. The molecule has 4 heterocycles. The van der Waals surface area contributed by atoms with Crippen molar-refractivity contribution in [2.24, 2.45) is 7.05 Å². The lowest BCUT2D eigenvalue weighted by Crippen LogP contribution is -2.85. The number of nitrogens with zero attached hydrogens (tertiary/aromatic N) is 7. The van der Waals surface area contributed by atoms with Crippen LogP contribution in [0.5, 0.6) is 0 Å². The number of rotatable bonds is 3. The summed E-state index contributed by atoms with van der Waals surface area (Å²) in [5, 5.41) is 6.92. The second-order valence-electron chi connectivity index (χ2n) is 11.6. The first-order chi connectivity index (χ1) is 18.1. The van der Waals surface area contributed by atoms with Crippen molar-refractivity contribution in [1.82, 2.24) is 29.3 Å². The molecule has 1 fully saturated rings. The van der Waals surface area contributed by atoms with Crippen molar-refractivity contribution >= 4 is 60.2 Å². The van der Waals surface area contributed by atoms with E-state index in [0.29, 0.717) is 16.8 Å². The van der Waals surface area contributed by atoms with Gasteiger partial charge in [0.15, 0.2) is 5.82 Å². The fraction of sp³-hybridized carbons (Fsp3) is 0.292. The maximum atomic E-state index is 15.7. The van der Waals surface area contributed by atoms with Gasteiger partial charge in [-0.05, 0) is 48.8 Å². The summed E-state index contributed by atoms with van der Waals surface area (Å²) in [5.74, 6) is -0.857. The standard InChI is InChI=1S/C24H29B4FN8O2/c1-12(38)37-22(2,3)21(39)35(23(25,26)24(37,27)28)18-7-13(5-6-16(18)29)17-8-15(14-9-32-34(4)10-14)19-20(30)31-11-33-36(17)19/h5-11H,25-28H2,1-4H3,(H2,30,31,33). The van der Waals surface area contributed by atoms with Crippen molar-refractivity contribution in [3.63, 3.8) is 0 Å². The zero-order chi connectivity index (χ0) is 28.7. The van der Waals surface area contributed by atoms with Gasteiger partial charge in [-0.1, -0.05) is 0 Å². The highest BCUT2D eigenvalue weighted by Crippen LogP contribution is 2.43. The van der Waals surface area contributed by atoms with E-state index in [1.807, 2.05) is 50.7 Å². The molecule has 0 saturated carbocycles. The Hall–Kier alpha value is -4.02. The van der Waals surface area contributed by atoms with Gasteiger partial charge < -0.3 is 15.5 Å². The van der Waals surface area contributed by atoms with Crippen LogP contribution < -0.4 is 10.6 Å². The zero-order valence-corrected chi connectivity index (χ0v) is 23.4. The topological polar surface area (TPSA) is 115 Å². The third-order valence-corrected chi connectivity index (χ3v) is 8.30. The lowest BCUT2D eigenvalue weighted by Gasteiger charge is -2.64. The first-order valence-electron chi connectivity index (χ1n) is 12.7. The van der Waals surface area contributed by atoms with Crippen LogP contribution >= 0.6 is 0 Å². The number of carbonyl (C=O) groups is 2. The van der Waals surface area contributed by atoms with Crippen LogP contribution in [0.2, 0.25) is 0 Å². The molecule has 4 aromatic rings. The van der Waals surface area contributed by atoms with Gasteiger partial charge in [-0.15, -0.1) is 0 Å². The van der Waals surface area contributed by atoms with E-state index >= 15 is 4.39 Å². The van der Waals surface area contributed by atoms with Crippen LogP contribution in [-0.2, 0) is 16.6 Å². The molecule has 1 aliphatic rings. The minimum Gasteiger partial charge on any atom is -0.382 e. The predicted octanol–water partition coefficient (Wildman–Crippen LogP) is -1.67. The van der Waals surface area contributed by atoms with Gasteiger partial charge in [-0.25, -0.2) is 13.9 Å². The molecule has 2 N–H and O–H groups in total. The van der Waals surface area contributed by atoms with Crippen LogP contribution in [0, 0.1) is 5.82 Å². The number of hydrogen-bond donors (Lipinski definition) is 1. The largest absolute Gasteiger partial charge is 0.382 e. The Bertz CT molecular complexity index is 1670. The summed E-state index contributed by atoms with van der Waals surface area (Å²) in [4.78, 5) is 34.0. The number of fused-ring (bicyclic) bond motifs is 1. The molecule has 1 aliphatic heterocycles. The number of benzene rings is 1. The molecule has 196 valence electrons. The molecule has 0 aliphatic carbocycles. The number of aromatic nitrogens is 5. The first-order valence-corrected chi connectivity index (χ1v) is 12.7. The van der Waals surface area contributed by atoms with E-state index < -0.39 is 22.0 Å². The lowest BCUT2D eigenvalue weighted by molar-refractivity contribution is -0.150. The van der Waals surface area contributed by atoms with Gasteiger partial charge in [0.25, 0.3) is 5.91 Å². The van der Waals surface area contributed by atoms with Crippen molar-refractivity contribution in [3.05, 3.63) is 48.8 Å². The van der Waals surface area contributed by atoms with E-state index in [0.717, 1.165) is 11.1 Å². The van der Waals surface area contributed by atoms with E-state index in [1.165, 1.54) is 24.2 Å². The van der Waals surface area contributed by atoms with E-state index in [2.05, 4.69) is 15.2 Å². The molecule has 0 atom stereocenters. The van der Waals surface area contributed by atoms with Gasteiger partial charge in [-0.3, -0.25) is 14.3 Å². The van der Waals surface area contributed by atoms with Crippen LogP contribution in [-0.4, -0.2) is 88.7 Å². The smallest absolute Gasteiger partial charge is 0.251 e. The quantitative estimate of drug-likeness (QED) is 0.321. The Morgan fingerprint density at radius 2 is 1.74 bits per heavy atom. The third kappa shape index (κ3) is 3.69. The number of anilines is 2. The van der Waals surface area contributed by atoms with Crippen LogP contribution in [0.15, 0.2) is 43.0 Å². The van der Waals surface area contributed by atoms with Gasteiger partial charge in [0.05, 0.1) is 17.6 Å². The van der Waals surface area contributed by atoms with Crippen LogP contribution in [0.25, 0.3) is 27.9 Å². The van der Waals surface area contributed by atoms with E-state index in [4.69, 9.17) is 5.73 Å². The van der Waals surface area contributed by atoms with E-state index in [-0.39, 0.29) is 23.3 Å². The van der Waals surface area contributed by atoms with E-state index in [1.54, 1.807) is 46.3 Å². The molecule has 1 aromatic carbocycles. The lowest BCUT2D eigenvalue weighted by atomic mass is 9.35. The van der Waals surface area contributed by atoms with Gasteiger partial charge in [0, 0.05) is 36.9 Å². The van der Waals surface area contributed by atoms with Gasteiger partial charge in [0.2, 0.25) is 5.91 Å². The SMILES string of the molecule is BC1(B)N(c2cc(-c3cc(-c4cnn(C)c4)c4c(N)ncnn34)ccc2F)C(=O)C(C)(C)N(C(C)=O)C1(B)B. The van der Waals surface area contributed by atoms with Crippen molar-refractivity contribution in [1.29, 1.82) is 0 Å². The number of piperazine rings is 1. The predicted molar refractivity (Wildman–Crippen MR) is 159 cm³/mol. The summed E-state index contributed by atoms with van der Waals surface area (Å²) >= 11 is 0. The highest BCUT2D eigenvalue weighted by atomic mass is 19.1. The fourth-order valence-corrected chi connectivity index (χ4v) is 5.96. The molecule has 0 radical (unpaired) electrons. The minimum absolute atomic E-state index is 0.117. The fourth-order valence-electron chi connectivity index (χ4n) is 5.96. The highest BCUT2D eigenvalue weighted by molar-refractivity contribution is 6.58. The first kappa shape index (κ1) is 26.6. The minimum atomic E-state index is -1.20. The summed E-state index contributed by atoms with van der Waals surface area (Å²) in [7, 11) is 9.32. The Labute approximate surface area is 229 Å². The number of halogens is 1. The second kappa shape index (κ2) is 8.49. The molecule has 0 bridgehead atoms. The Balaban J connectivity index is 1.73. The Morgan fingerprint density at radius 3 is 2.36 bits per heavy atom. The highest BCUT2D eigenvalue weighted by Gasteiger charge is 2.60. The number of hydrogen-bond acceptors (Lipinski definition) is 6. The summed E-state index contributed by atoms with van der Waals surface area (Å²) in [6.07, 6.45) is 4.95.